The highest BCUT2D eigenvalue weighted by atomic mass is 16.3. The van der Waals surface area contributed by atoms with E-state index < -0.39 is 0 Å². The van der Waals surface area contributed by atoms with Crippen molar-refractivity contribution in [2.24, 2.45) is 0 Å². The van der Waals surface area contributed by atoms with Gasteiger partial charge in [-0.05, 0) is 12.1 Å². The maximum Gasteiger partial charge on any atom is 0.259 e. The van der Waals surface area contributed by atoms with E-state index >= 15 is 0 Å². The normalized spacial score (nSPS) is 15.8. The third kappa shape index (κ3) is 3.53. The summed E-state index contributed by atoms with van der Waals surface area (Å²) in [7, 11) is 0. The average molecular weight is 314 g/mol. The Hall–Kier alpha value is -2.34. The Morgan fingerprint density at radius 3 is 2.48 bits per heavy atom. The summed E-state index contributed by atoms with van der Waals surface area (Å²) in [5, 5.41) is 10.2. The molecule has 2 aromatic rings. The minimum Gasteiger partial charge on any atom is -0.493 e. The first-order valence-corrected chi connectivity index (χ1v) is 8.00. The number of piperazine rings is 1. The first-order chi connectivity index (χ1) is 11.2. The van der Waals surface area contributed by atoms with Crippen LogP contribution in [0.4, 0.5) is 5.95 Å². The van der Waals surface area contributed by atoms with Crippen LogP contribution in [0, 0.1) is 0 Å². The molecule has 2 heterocycles. The number of likely N-dealkylation sites (N-methyl/N-ethyl adjacent to an activating group) is 1. The van der Waals surface area contributed by atoms with Gasteiger partial charge >= 0.3 is 0 Å². The molecule has 3 rings (SSSR count). The molecule has 122 valence electrons. The van der Waals surface area contributed by atoms with E-state index in [1.165, 1.54) is 0 Å². The molecule has 0 bridgehead atoms. The molecule has 2 N–H and O–H groups in total. The third-order valence-electron chi connectivity index (χ3n) is 4.32. The predicted octanol–water partition coefficient (Wildman–Crippen LogP) is 1.21. The number of nitrogens with one attached hydrogen (secondary N) is 1. The lowest BCUT2D eigenvalue weighted by Gasteiger charge is -2.34. The summed E-state index contributed by atoms with van der Waals surface area (Å²) in [5.74, 6) is 0.283. The number of aromatic amines is 1. The van der Waals surface area contributed by atoms with Gasteiger partial charge in [-0.1, -0.05) is 37.3 Å². The fourth-order valence-electron chi connectivity index (χ4n) is 2.86. The number of anilines is 1. The van der Waals surface area contributed by atoms with Gasteiger partial charge in [0.15, 0.2) is 0 Å². The lowest BCUT2D eigenvalue weighted by molar-refractivity contribution is 0.269. The molecule has 1 aromatic heterocycles. The van der Waals surface area contributed by atoms with Gasteiger partial charge in [-0.3, -0.25) is 9.78 Å². The Kier molecular flexibility index (Phi) is 4.62. The summed E-state index contributed by atoms with van der Waals surface area (Å²) in [5.41, 5.74) is 1.01. The van der Waals surface area contributed by atoms with Crippen LogP contribution in [0.5, 0.6) is 5.88 Å². The van der Waals surface area contributed by atoms with Crippen molar-refractivity contribution in [1.29, 1.82) is 0 Å². The number of hydrogen-bond donors (Lipinski definition) is 2. The Morgan fingerprint density at radius 1 is 1.17 bits per heavy atom. The van der Waals surface area contributed by atoms with Crippen molar-refractivity contribution in [2.45, 2.75) is 13.3 Å². The summed E-state index contributed by atoms with van der Waals surface area (Å²) in [4.78, 5) is 23.7. The summed E-state index contributed by atoms with van der Waals surface area (Å²) in [6.45, 7) is 6.64. The minimum absolute atomic E-state index is 0.175. The molecule has 0 radical (unpaired) electrons. The Balaban J connectivity index is 1.79. The van der Waals surface area contributed by atoms with Crippen LogP contribution in [-0.2, 0) is 6.42 Å². The highest BCUT2D eigenvalue weighted by molar-refractivity contribution is 5.38. The molecule has 1 aliphatic heterocycles. The van der Waals surface area contributed by atoms with Crippen LogP contribution in [-0.4, -0.2) is 52.7 Å². The molecule has 0 unspecified atom stereocenters. The monoisotopic (exact) mass is 314 g/mol. The quantitative estimate of drug-likeness (QED) is 0.887. The summed E-state index contributed by atoms with van der Waals surface area (Å²) >= 11 is 0. The number of nitrogens with zero attached hydrogens (tertiary/aromatic N) is 3. The average Bonchev–Trinajstić information content (AvgIpc) is 2.59. The van der Waals surface area contributed by atoms with Crippen LogP contribution >= 0.6 is 0 Å². The Labute approximate surface area is 135 Å². The van der Waals surface area contributed by atoms with E-state index in [1.807, 2.05) is 35.2 Å². The van der Waals surface area contributed by atoms with E-state index in [0.717, 1.165) is 38.3 Å². The van der Waals surface area contributed by atoms with E-state index in [2.05, 4.69) is 21.8 Å². The van der Waals surface area contributed by atoms with Gasteiger partial charge in [0.05, 0.1) is 5.56 Å². The standard InChI is InChI=1S/C17H22N4O2/c1-2-20-8-10-21(11-9-20)17-18-15(22)14(16(23)19-17)12-13-6-4-3-5-7-13/h3-7H,2,8-12H2,1H3,(H2,18,19,22,23). The number of aromatic nitrogens is 2. The van der Waals surface area contributed by atoms with Crippen molar-refractivity contribution in [1.82, 2.24) is 14.9 Å². The molecule has 6 heteroatoms. The molecule has 0 spiro atoms. The zero-order chi connectivity index (χ0) is 16.2. The van der Waals surface area contributed by atoms with Crippen LogP contribution in [0.1, 0.15) is 18.1 Å². The minimum atomic E-state index is -0.269. The number of hydrogen-bond acceptors (Lipinski definition) is 5. The molecule has 6 nitrogen and oxygen atoms in total. The van der Waals surface area contributed by atoms with Gasteiger partial charge in [0.1, 0.15) is 0 Å². The number of benzene rings is 1. The fourth-order valence-corrected chi connectivity index (χ4v) is 2.86. The predicted molar refractivity (Wildman–Crippen MR) is 90.1 cm³/mol. The number of H-pyrrole nitrogens is 1. The number of aromatic hydroxyl groups is 1. The first kappa shape index (κ1) is 15.6. The van der Waals surface area contributed by atoms with Gasteiger partial charge in [0.25, 0.3) is 5.56 Å². The lowest BCUT2D eigenvalue weighted by Crippen LogP contribution is -2.47. The van der Waals surface area contributed by atoms with Gasteiger partial charge in [0.2, 0.25) is 11.8 Å². The molecule has 0 atom stereocenters. The van der Waals surface area contributed by atoms with E-state index in [4.69, 9.17) is 0 Å². The van der Waals surface area contributed by atoms with Crippen molar-refractivity contribution in [3.05, 3.63) is 51.8 Å². The highest BCUT2D eigenvalue weighted by Gasteiger charge is 2.20. The van der Waals surface area contributed by atoms with Crippen LogP contribution < -0.4 is 10.5 Å². The van der Waals surface area contributed by atoms with Crippen molar-refractivity contribution < 1.29 is 5.11 Å². The first-order valence-electron chi connectivity index (χ1n) is 8.00. The maximum absolute atomic E-state index is 12.3. The topological polar surface area (TPSA) is 72.5 Å². The van der Waals surface area contributed by atoms with Crippen molar-refractivity contribution in [2.75, 3.05) is 37.6 Å². The molecule has 1 saturated heterocycles. The second-order valence-corrected chi connectivity index (χ2v) is 5.78. The molecule has 1 aromatic carbocycles. The van der Waals surface area contributed by atoms with Gasteiger partial charge < -0.3 is 14.9 Å². The summed E-state index contributed by atoms with van der Waals surface area (Å²) in [6, 6.07) is 9.60. The zero-order valence-electron chi connectivity index (χ0n) is 13.3. The zero-order valence-corrected chi connectivity index (χ0v) is 13.3. The van der Waals surface area contributed by atoms with E-state index in [1.54, 1.807) is 0 Å². The van der Waals surface area contributed by atoms with Crippen LogP contribution in [0.3, 0.4) is 0 Å². The van der Waals surface area contributed by atoms with Crippen molar-refractivity contribution in [3.63, 3.8) is 0 Å². The molecule has 0 aliphatic carbocycles. The van der Waals surface area contributed by atoms with Crippen LogP contribution in [0.25, 0.3) is 0 Å². The SMILES string of the molecule is CCN1CCN(c2nc(O)c(Cc3ccccc3)c(=O)[nH]2)CC1. The summed E-state index contributed by atoms with van der Waals surface area (Å²) in [6.07, 6.45) is 0.374. The van der Waals surface area contributed by atoms with E-state index in [-0.39, 0.29) is 11.4 Å². The van der Waals surface area contributed by atoms with Crippen molar-refractivity contribution in [3.8, 4) is 5.88 Å². The number of rotatable bonds is 4. The molecular formula is C17H22N4O2. The van der Waals surface area contributed by atoms with Crippen LogP contribution in [0.15, 0.2) is 35.1 Å². The molecule has 23 heavy (non-hydrogen) atoms. The Morgan fingerprint density at radius 2 is 1.87 bits per heavy atom. The maximum atomic E-state index is 12.3. The summed E-state index contributed by atoms with van der Waals surface area (Å²) < 4.78 is 0. The molecular weight excluding hydrogens is 292 g/mol. The van der Waals surface area contributed by atoms with Gasteiger partial charge in [-0.2, -0.15) is 4.98 Å². The lowest BCUT2D eigenvalue weighted by atomic mass is 10.1. The van der Waals surface area contributed by atoms with Gasteiger partial charge in [-0.25, -0.2) is 0 Å². The molecule has 0 saturated carbocycles. The van der Waals surface area contributed by atoms with Crippen LogP contribution in [0.2, 0.25) is 0 Å². The van der Waals surface area contributed by atoms with Gasteiger partial charge in [0, 0.05) is 32.6 Å². The Bertz CT molecular complexity index is 706. The van der Waals surface area contributed by atoms with E-state index in [9.17, 15) is 9.90 Å². The second-order valence-electron chi connectivity index (χ2n) is 5.78. The van der Waals surface area contributed by atoms with Gasteiger partial charge in [-0.15, -0.1) is 0 Å². The smallest absolute Gasteiger partial charge is 0.259 e. The highest BCUT2D eigenvalue weighted by Crippen LogP contribution is 2.18. The molecule has 0 amide bonds. The molecule has 1 fully saturated rings. The largest absolute Gasteiger partial charge is 0.493 e. The fraction of sp³-hybridized carbons (Fsp3) is 0.412. The molecule has 1 aliphatic rings. The third-order valence-corrected chi connectivity index (χ3v) is 4.32. The van der Waals surface area contributed by atoms with Crippen molar-refractivity contribution >= 4 is 5.95 Å². The van der Waals surface area contributed by atoms with E-state index in [0.29, 0.717) is 17.9 Å². The second kappa shape index (κ2) is 6.83.